The molecule has 1 rings (SSSR count). The van der Waals surface area contributed by atoms with Crippen molar-refractivity contribution in [3.05, 3.63) is 6.33 Å². The highest BCUT2D eigenvalue weighted by molar-refractivity contribution is 5.34. The molecule has 0 fully saturated rings. The van der Waals surface area contributed by atoms with Crippen molar-refractivity contribution in [1.29, 1.82) is 0 Å². The van der Waals surface area contributed by atoms with Gasteiger partial charge in [0.1, 0.15) is 6.33 Å². The summed E-state index contributed by atoms with van der Waals surface area (Å²) in [5.74, 6) is 0.222. The minimum Gasteiger partial charge on any atom is -0.285 e. The first-order chi connectivity index (χ1) is 7.43. The second-order valence-corrected chi connectivity index (χ2v) is 3.96. The Balaban J connectivity index is 2.95. The Hall–Kier alpha value is -1.47. The Kier molecular flexibility index (Phi) is 3.97. The average Bonchev–Trinajstić information content (AvgIpc) is 2.26. The van der Waals surface area contributed by atoms with Crippen molar-refractivity contribution in [2.24, 2.45) is 0 Å². The van der Waals surface area contributed by atoms with Crippen LogP contribution in [0.1, 0.15) is 27.7 Å². The fourth-order valence-electron chi connectivity index (χ4n) is 0.962. The van der Waals surface area contributed by atoms with Crippen LogP contribution in [0.15, 0.2) is 6.33 Å². The molecule has 0 amide bonds. The van der Waals surface area contributed by atoms with Gasteiger partial charge in [-0.05, 0) is 27.7 Å². The number of anilines is 2. The monoisotopic (exact) mass is 227 g/mol. The molecule has 2 N–H and O–H groups in total. The molecule has 16 heavy (non-hydrogen) atoms. The lowest BCUT2D eigenvalue weighted by Crippen LogP contribution is -2.31. The Labute approximate surface area is 94.3 Å². The minimum atomic E-state index is -0.151. The summed E-state index contributed by atoms with van der Waals surface area (Å²) in [7, 11) is 0. The number of hydrogen-bond donors (Lipinski definition) is 2. The third-order valence-corrected chi connectivity index (χ3v) is 1.93. The summed E-state index contributed by atoms with van der Waals surface area (Å²) in [5, 5.41) is 21.1. The summed E-state index contributed by atoms with van der Waals surface area (Å²) in [6.07, 6.45) is 1.24. The second kappa shape index (κ2) is 5.04. The largest absolute Gasteiger partial charge is 0.285 e. The van der Waals surface area contributed by atoms with Crippen LogP contribution in [0, 0.1) is 0 Å². The maximum Gasteiger partial charge on any atom is 0.254 e. The molecule has 0 spiro atoms. The topological polar surface area (TPSA) is 85.6 Å². The van der Waals surface area contributed by atoms with Gasteiger partial charge in [0, 0.05) is 0 Å². The molecule has 1 heterocycles. The van der Waals surface area contributed by atoms with Gasteiger partial charge in [-0.25, -0.2) is 10.1 Å². The minimum absolute atomic E-state index is 0.111. The lowest BCUT2D eigenvalue weighted by atomic mass is 10.4. The molecule has 0 radical (unpaired) electrons. The van der Waals surface area contributed by atoms with Crippen molar-refractivity contribution in [3.8, 4) is 0 Å². The predicted molar refractivity (Wildman–Crippen MR) is 58.6 cm³/mol. The number of hydroxylamine groups is 2. The summed E-state index contributed by atoms with van der Waals surface area (Å²) in [6.45, 7) is 7.18. The number of aromatic nitrogens is 3. The second-order valence-electron chi connectivity index (χ2n) is 3.96. The highest BCUT2D eigenvalue weighted by Gasteiger charge is 2.15. The van der Waals surface area contributed by atoms with Gasteiger partial charge in [-0.15, -0.1) is 0 Å². The van der Waals surface area contributed by atoms with Crippen LogP contribution in [0.2, 0.25) is 0 Å². The maximum atomic E-state index is 9.62. The van der Waals surface area contributed by atoms with Crippen LogP contribution in [0.5, 0.6) is 0 Å². The van der Waals surface area contributed by atoms with Crippen molar-refractivity contribution < 1.29 is 10.4 Å². The first-order valence-electron chi connectivity index (χ1n) is 5.08. The fraction of sp³-hybridized carbons (Fsp3) is 0.667. The maximum absolute atomic E-state index is 9.62. The molecule has 0 aromatic carbocycles. The van der Waals surface area contributed by atoms with E-state index in [0.717, 1.165) is 10.1 Å². The van der Waals surface area contributed by atoms with Crippen LogP contribution in [-0.2, 0) is 0 Å². The van der Waals surface area contributed by atoms with Gasteiger partial charge >= 0.3 is 0 Å². The Morgan fingerprint density at radius 1 is 0.938 bits per heavy atom. The summed E-state index contributed by atoms with van der Waals surface area (Å²) in [5.41, 5.74) is 0. The van der Waals surface area contributed by atoms with E-state index in [-0.39, 0.29) is 24.0 Å². The van der Waals surface area contributed by atoms with Crippen LogP contribution >= 0.6 is 0 Å². The highest BCUT2D eigenvalue weighted by atomic mass is 16.5. The predicted octanol–water partition coefficient (Wildman–Crippen LogP) is 1.08. The molecular formula is C9H17N5O2. The van der Waals surface area contributed by atoms with Gasteiger partial charge < -0.3 is 0 Å². The summed E-state index contributed by atoms with van der Waals surface area (Å²) < 4.78 is 0. The highest BCUT2D eigenvalue weighted by Crippen LogP contribution is 2.12. The van der Waals surface area contributed by atoms with Crippen LogP contribution < -0.4 is 10.1 Å². The lowest BCUT2D eigenvalue weighted by Gasteiger charge is -2.21. The summed E-state index contributed by atoms with van der Waals surface area (Å²) in [6, 6.07) is -0.303. The van der Waals surface area contributed by atoms with Gasteiger partial charge in [0.2, 0.25) is 0 Å². The zero-order chi connectivity index (χ0) is 12.3. The number of rotatable bonds is 4. The van der Waals surface area contributed by atoms with Gasteiger partial charge in [0.15, 0.2) is 0 Å². The Morgan fingerprint density at radius 2 is 1.31 bits per heavy atom. The molecule has 1 aromatic rings. The molecule has 1 aromatic heterocycles. The number of nitrogens with zero attached hydrogens (tertiary/aromatic N) is 5. The van der Waals surface area contributed by atoms with Gasteiger partial charge in [0.25, 0.3) is 11.9 Å². The molecular weight excluding hydrogens is 210 g/mol. The fourth-order valence-corrected chi connectivity index (χ4v) is 0.962. The zero-order valence-corrected chi connectivity index (χ0v) is 9.86. The van der Waals surface area contributed by atoms with Crippen LogP contribution in [0.3, 0.4) is 0 Å². The van der Waals surface area contributed by atoms with Crippen LogP contribution in [-0.4, -0.2) is 37.5 Å². The Bertz CT molecular complexity index is 315. The van der Waals surface area contributed by atoms with Crippen molar-refractivity contribution in [1.82, 2.24) is 15.0 Å². The van der Waals surface area contributed by atoms with E-state index in [4.69, 9.17) is 0 Å². The molecule has 0 saturated heterocycles. The average molecular weight is 227 g/mol. The van der Waals surface area contributed by atoms with E-state index in [1.807, 2.05) is 0 Å². The quantitative estimate of drug-likeness (QED) is 0.744. The van der Waals surface area contributed by atoms with E-state index in [9.17, 15) is 10.4 Å². The molecule has 0 bridgehead atoms. The van der Waals surface area contributed by atoms with Crippen molar-refractivity contribution in [2.45, 2.75) is 39.8 Å². The first-order valence-corrected chi connectivity index (χ1v) is 5.08. The molecule has 0 saturated carbocycles. The SMILES string of the molecule is CC(C)N(O)c1ncnc(N(O)C(C)C)n1. The normalized spacial score (nSPS) is 11.0. The van der Waals surface area contributed by atoms with E-state index in [1.165, 1.54) is 6.33 Å². The van der Waals surface area contributed by atoms with Gasteiger partial charge in [-0.2, -0.15) is 15.0 Å². The third kappa shape index (κ3) is 2.77. The first kappa shape index (κ1) is 12.6. The van der Waals surface area contributed by atoms with Gasteiger partial charge in [-0.1, -0.05) is 0 Å². The summed E-state index contributed by atoms with van der Waals surface area (Å²) >= 11 is 0. The van der Waals surface area contributed by atoms with E-state index in [2.05, 4.69) is 15.0 Å². The Morgan fingerprint density at radius 3 is 1.62 bits per heavy atom. The number of hydrogen-bond acceptors (Lipinski definition) is 7. The third-order valence-electron chi connectivity index (χ3n) is 1.93. The van der Waals surface area contributed by atoms with Crippen molar-refractivity contribution in [3.63, 3.8) is 0 Å². The molecule has 0 aliphatic carbocycles. The molecule has 0 atom stereocenters. The van der Waals surface area contributed by atoms with Crippen LogP contribution in [0.4, 0.5) is 11.9 Å². The van der Waals surface area contributed by atoms with Gasteiger partial charge in [-0.3, -0.25) is 10.4 Å². The summed E-state index contributed by atoms with van der Waals surface area (Å²) in [4.78, 5) is 11.6. The van der Waals surface area contributed by atoms with E-state index in [0.29, 0.717) is 0 Å². The van der Waals surface area contributed by atoms with E-state index < -0.39 is 0 Å². The molecule has 0 unspecified atom stereocenters. The standard InChI is InChI=1S/C9H17N5O2/c1-6(2)13(15)8-10-5-11-9(12-8)14(16)7(3)4/h5-7,15-16H,1-4H3. The molecule has 7 heteroatoms. The van der Waals surface area contributed by atoms with Crippen molar-refractivity contribution >= 4 is 11.9 Å². The lowest BCUT2D eigenvalue weighted by molar-refractivity contribution is 0.213. The van der Waals surface area contributed by atoms with Gasteiger partial charge in [0.05, 0.1) is 12.1 Å². The molecule has 0 aliphatic rings. The van der Waals surface area contributed by atoms with E-state index >= 15 is 0 Å². The smallest absolute Gasteiger partial charge is 0.254 e. The van der Waals surface area contributed by atoms with E-state index in [1.54, 1.807) is 27.7 Å². The zero-order valence-electron chi connectivity index (χ0n) is 9.86. The van der Waals surface area contributed by atoms with Crippen molar-refractivity contribution in [2.75, 3.05) is 10.1 Å². The van der Waals surface area contributed by atoms with Crippen LogP contribution in [0.25, 0.3) is 0 Å². The molecule has 0 aliphatic heterocycles. The molecule has 7 nitrogen and oxygen atoms in total. The molecule has 90 valence electrons.